The van der Waals surface area contributed by atoms with Crippen LogP contribution in [-0.2, 0) is 9.59 Å². The maximum absolute atomic E-state index is 11.4. The normalized spacial score (nSPS) is 14.2. The lowest BCUT2D eigenvalue weighted by Gasteiger charge is -2.13. The van der Waals surface area contributed by atoms with Gasteiger partial charge in [0.15, 0.2) is 0 Å². The van der Waals surface area contributed by atoms with Gasteiger partial charge in [0.1, 0.15) is 0 Å². The molecule has 2 atom stereocenters. The van der Waals surface area contributed by atoms with Crippen molar-refractivity contribution < 1.29 is 14.7 Å². The molecule has 0 aliphatic heterocycles. The Morgan fingerprint density at radius 1 is 1.25 bits per heavy atom. The summed E-state index contributed by atoms with van der Waals surface area (Å²) >= 11 is 0. The zero-order valence-electron chi connectivity index (χ0n) is 10.0. The van der Waals surface area contributed by atoms with Crippen LogP contribution < -0.4 is 11.1 Å². The van der Waals surface area contributed by atoms with Gasteiger partial charge in [-0.05, 0) is 33.1 Å². The number of hydrogen-bond acceptors (Lipinski definition) is 3. The van der Waals surface area contributed by atoms with Crippen LogP contribution in [0, 0.1) is 0 Å². The lowest BCUT2D eigenvalue weighted by Crippen LogP contribution is -2.33. The number of nitrogens with one attached hydrogen (secondary N) is 1. The Morgan fingerprint density at radius 3 is 2.38 bits per heavy atom. The van der Waals surface area contributed by atoms with Crippen molar-refractivity contribution in [3.63, 3.8) is 0 Å². The first-order valence-electron chi connectivity index (χ1n) is 5.68. The number of aliphatic carboxylic acids is 1. The maximum Gasteiger partial charge on any atom is 0.303 e. The number of carboxylic acids is 1. The molecular weight excluding hydrogens is 208 g/mol. The fourth-order valence-electron chi connectivity index (χ4n) is 1.34. The zero-order valence-corrected chi connectivity index (χ0v) is 10.0. The number of rotatable bonds is 8. The number of carboxylic acid groups (broad SMARTS) is 1. The van der Waals surface area contributed by atoms with Crippen LogP contribution in [-0.4, -0.2) is 29.1 Å². The van der Waals surface area contributed by atoms with Gasteiger partial charge in [-0.1, -0.05) is 0 Å². The highest BCUT2D eigenvalue weighted by Gasteiger charge is 2.08. The molecule has 5 heteroatoms. The maximum atomic E-state index is 11.4. The Labute approximate surface area is 96.4 Å². The van der Waals surface area contributed by atoms with Crippen LogP contribution in [0.1, 0.15) is 46.0 Å². The first kappa shape index (κ1) is 14.9. The summed E-state index contributed by atoms with van der Waals surface area (Å²) in [6.07, 6.45) is 2.54. The summed E-state index contributed by atoms with van der Waals surface area (Å²) in [6, 6.07) is 0.0630. The fourth-order valence-corrected chi connectivity index (χ4v) is 1.34. The molecule has 0 heterocycles. The molecule has 0 rings (SSSR count). The number of carbonyl (C=O) groups is 2. The highest BCUT2D eigenvalue weighted by molar-refractivity contribution is 5.76. The van der Waals surface area contributed by atoms with E-state index in [0.717, 1.165) is 0 Å². The monoisotopic (exact) mass is 230 g/mol. The van der Waals surface area contributed by atoms with Gasteiger partial charge in [0.25, 0.3) is 0 Å². The van der Waals surface area contributed by atoms with Crippen molar-refractivity contribution in [3.8, 4) is 0 Å². The second-order valence-corrected chi connectivity index (χ2v) is 4.27. The van der Waals surface area contributed by atoms with Gasteiger partial charge in [-0.2, -0.15) is 0 Å². The molecule has 0 spiro atoms. The second-order valence-electron chi connectivity index (χ2n) is 4.27. The summed E-state index contributed by atoms with van der Waals surface area (Å²) in [5.74, 6) is -0.810. The van der Waals surface area contributed by atoms with Crippen molar-refractivity contribution in [2.24, 2.45) is 5.73 Å². The van der Waals surface area contributed by atoms with E-state index >= 15 is 0 Å². The molecule has 0 radical (unpaired) electrons. The number of carbonyl (C=O) groups excluding carboxylic acids is 1. The average molecular weight is 230 g/mol. The van der Waals surface area contributed by atoms with Gasteiger partial charge in [-0.3, -0.25) is 9.59 Å². The standard InChI is InChI=1S/C11H22N2O3/c1-8(12)6-7-10(14)13-9(2)4-3-5-11(15)16/h8-9H,3-7,12H2,1-2H3,(H,13,14)(H,15,16). The second kappa shape index (κ2) is 8.10. The van der Waals surface area contributed by atoms with Gasteiger partial charge >= 0.3 is 5.97 Å². The average Bonchev–Trinajstić information content (AvgIpc) is 2.14. The predicted octanol–water partition coefficient (Wildman–Crippen LogP) is 0.873. The summed E-state index contributed by atoms with van der Waals surface area (Å²) in [4.78, 5) is 21.7. The lowest BCUT2D eigenvalue weighted by atomic mass is 10.1. The van der Waals surface area contributed by atoms with E-state index in [1.165, 1.54) is 0 Å². The summed E-state index contributed by atoms with van der Waals surface area (Å²) in [7, 11) is 0. The van der Waals surface area contributed by atoms with Gasteiger partial charge < -0.3 is 16.2 Å². The van der Waals surface area contributed by atoms with Crippen molar-refractivity contribution in [3.05, 3.63) is 0 Å². The minimum absolute atomic E-state index is 0.0138. The minimum Gasteiger partial charge on any atom is -0.481 e. The van der Waals surface area contributed by atoms with E-state index in [4.69, 9.17) is 10.8 Å². The fraction of sp³-hybridized carbons (Fsp3) is 0.818. The molecule has 94 valence electrons. The van der Waals surface area contributed by atoms with Gasteiger partial charge in [0, 0.05) is 24.9 Å². The molecule has 0 aliphatic rings. The molecule has 0 saturated heterocycles. The van der Waals surface area contributed by atoms with Gasteiger partial charge in [-0.15, -0.1) is 0 Å². The van der Waals surface area contributed by atoms with Crippen LogP contribution in [0.2, 0.25) is 0 Å². The summed E-state index contributed by atoms with van der Waals surface area (Å²) in [5.41, 5.74) is 5.54. The van der Waals surface area contributed by atoms with Crippen molar-refractivity contribution in [2.75, 3.05) is 0 Å². The van der Waals surface area contributed by atoms with E-state index in [-0.39, 0.29) is 24.4 Å². The lowest BCUT2D eigenvalue weighted by molar-refractivity contribution is -0.137. The molecule has 1 amide bonds. The van der Waals surface area contributed by atoms with Crippen LogP contribution in [0.15, 0.2) is 0 Å². The van der Waals surface area contributed by atoms with E-state index < -0.39 is 5.97 Å². The Kier molecular flexibility index (Phi) is 7.54. The van der Waals surface area contributed by atoms with E-state index in [0.29, 0.717) is 25.7 Å². The topological polar surface area (TPSA) is 92.4 Å². The molecule has 0 bridgehead atoms. The van der Waals surface area contributed by atoms with Gasteiger partial charge in [-0.25, -0.2) is 0 Å². The highest BCUT2D eigenvalue weighted by atomic mass is 16.4. The Hall–Kier alpha value is -1.10. The minimum atomic E-state index is -0.796. The molecular formula is C11H22N2O3. The molecule has 0 aromatic rings. The van der Waals surface area contributed by atoms with Crippen LogP contribution in [0.4, 0.5) is 0 Å². The molecule has 0 aliphatic carbocycles. The molecule has 0 aromatic heterocycles. The van der Waals surface area contributed by atoms with Crippen molar-refractivity contribution >= 4 is 11.9 Å². The number of nitrogens with two attached hydrogens (primary N) is 1. The molecule has 0 saturated carbocycles. The predicted molar refractivity (Wildman–Crippen MR) is 62.0 cm³/mol. The van der Waals surface area contributed by atoms with Crippen molar-refractivity contribution in [1.82, 2.24) is 5.32 Å². The van der Waals surface area contributed by atoms with E-state index in [1.807, 2.05) is 13.8 Å². The van der Waals surface area contributed by atoms with E-state index in [1.54, 1.807) is 0 Å². The van der Waals surface area contributed by atoms with Gasteiger partial charge in [0.05, 0.1) is 0 Å². The third-order valence-corrected chi connectivity index (χ3v) is 2.26. The Morgan fingerprint density at radius 2 is 1.88 bits per heavy atom. The van der Waals surface area contributed by atoms with Crippen LogP contribution in [0.25, 0.3) is 0 Å². The third-order valence-electron chi connectivity index (χ3n) is 2.26. The Bertz CT molecular complexity index is 229. The van der Waals surface area contributed by atoms with Crippen molar-refractivity contribution in [2.45, 2.75) is 58.0 Å². The zero-order chi connectivity index (χ0) is 12.6. The molecule has 0 aromatic carbocycles. The number of amides is 1. The van der Waals surface area contributed by atoms with Crippen LogP contribution in [0.3, 0.4) is 0 Å². The molecule has 0 fully saturated rings. The molecule has 5 nitrogen and oxygen atoms in total. The molecule has 16 heavy (non-hydrogen) atoms. The van der Waals surface area contributed by atoms with E-state index in [9.17, 15) is 9.59 Å². The van der Waals surface area contributed by atoms with Gasteiger partial charge in [0.2, 0.25) is 5.91 Å². The summed E-state index contributed by atoms with van der Waals surface area (Å²) in [5, 5.41) is 11.3. The van der Waals surface area contributed by atoms with Crippen LogP contribution >= 0.6 is 0 Å². The van der Waals surface area contributed by atoms with Crippen LogP contribution in [0.5, 0.6) is 0 Å². The molecule has 4 N–H and O–H groups in total. The molecule has 2 unspecified atom stereocenters. The van der Waals surface area contributed by atoms with E-state index in [2.05, 4.69) is 5.32 Å². The summed E-state index contributed by atoms with van der Waals surface area (Å²) < 4.78 is 0. The van der Waals surface area contributed by atoms with Crippen molar-refractivity contribution in [1.29, 1.82) is 0 Å². The smallest absolute Gasteiger partial charge is 0.303 e. The first-order chi connectivity index (χ1) is 7.41. The third kappa shape index (κ3) is 9.45. The Balaban J connectivity index is 3.57. The first-order valence-corrected chi connectivity index (χ1v) is 5.68. The largest absolute Gasteiger partial charge is 0.481 e. The SMILES string of the molecule is CC(N)CCC(=O)NC(C)CCCC(=O)O. The quantitative estimate of drug-likeness (QED) is 0.577. The number of hydrogen-bond donors (Lipinski definition) is 3. The highest BCUT2D eigenvalue weighted by Crippen LogP contribution is 2.01. The summed E-state index contributed by atoms with van der Waals surface area (Å²) in [6.45, 7) is 3.75.